The maximum Gasteiger partial charge on any atom is 0.516 e. The van der Waals surface area contributed by atoms with E-state index in [1.807, 2.05) is 4.57 Å². The van der Waals surface area contributed by atoms with Gasteiger partial charge in [0.15, 0.2) is 5.52 Å². The number of fused-ring (bicyclic) bond motifs is 1. The molecule has 0 aliphatic rings. The molecule has 0 aliphatic carbocycles. The Morgan fingerprint density at radius 2 is 1.79 bits per heavy atom. The molecule has 0 saturated carbocycles. The molecule has 4 rings (SSSR count). The van der Waals surface area contributed by atoms with E-state index in [1.54, 1.807) is 36.5 Å². The smallest absolute Gasteiger partial charge is 0.327 e. The maximum absolute atomic E-state index is 12.8. The molecule has 1 amide bonds. The minimum absolute atomic E-state index is 0.269. The molecule has 0 radical (unpaired) electrons. The van der Waals surface area contributed by atoms with Crippen LogP contribution in [0.5, 0.6) is 0 Å². The number of rotatable bonds is 9. The lowest BCUT2D eigenvalue weighted by atomic mass is 10.1. The quantitative estimate of drug-likeness (QED) is 0.282. The van der Waals surface area contributed by atoms with Crippen LogP contribution in [-0.2, 0) is 23.0 Å². The van der Waals surface area contributed by atoms with Gasteiger partial charge in [-0.3, -0.25) is 14.3 Å². The first-order valence-corrected chi connectivity index (χ1v) is 13.1. The summed E-state index contributed by atoms with van der Waals surface area (Å²) < 4.78 is 64.8. The predicted molar refractivity (Wildman–Crippen MR) is 138 cm³/mol. The Labute approximate surface area is 215 Å². The van der Waals surface area contributed by atoms with Gasteiger partial charge in [0.2, 0.25) is 0 Å². The first kappa shape index (κ1) is 26.9. The van der Waals surface area contributed by atoms with Gasteiger partial charge in [-0.05, 0) is 42.3 Å². The number of anilines is 2. The summed E-state index contributed by atoms with van der Waals surface area (Å²) in [5, 5.41) is 2.57. The van der Waals surface area contributed by atoms with Crippen LogP contribution < -0.4 is 15.6 Å². The third kappa shape index (κ3) is 5.72. The Bertz CT molecular complexity index is 1630. The number of aromatic nitrogens is 3. The third-order valence-electron chi connectivity index (χ3n) is 5.78. The van der Waals surface area contributed by atoms with Crippen LogP contribution >= 0.6 is 0 Å². The summed E-state index contributed by atoms with van der Waals surface area (Å²) in [7, 11) is -5.70. The highest BCUT2D eigenvalue weighted by Crippen LogP contribution is 2.27. The maximum atomic E-state index is 12.8. The van der Waals surface area contributed by atoms with Crippen LogP contribution in [0.3, 0.4) is 0 Å². The SMILES string of the molecule is CCCCc1nc2c(=O)[nH]ccc2n1Cc1ccc(NC(=O)c2ccccc2NS(=O)(=O)C(F)(F)F)cc1. The number of nitrogens with zero attached hydrogens (tertiary/aromatic N) is 2. The zero-order valence-electron chi connectivity index (χ0n) is 20.2. The highest BCUT2D eigenvalue weighted by molar-refractivity contribution is 7.93. The van der Waals surface area contributed by atoms with Gasteiger partial charge in [-0.1, -0.05) is 37.6 Å². The number of carbonyl (C=O) groups is 1. The molecular weight excluding hydrogens is 523 g/mol. The van der Waals surface area contributed by atoms with Crippen LogP contribution in [0.25, 0.3) is 11.0 Å². The second kappa shape index (κ2) is 10.7. The predicted octanol–water partition coefficient (Wildman–Crippen LogP) is 4.63. The van der Waals surface area contributed by atoms with Gasteiger partial charge in [0, 0.05) is 24.8 Å². The zero-order valence-corrected chi connectivity index (χ0v) is 21.0. The molecule has 0 atom stereocenters. The average Bonchev–Trinajstić information content (AvgIpc) is 3.21. The lowest BCUT2D eigenvalue weighted by Crippen LogP contribution is -2.30. The molecule has 13 heteroatoms. The molecule has 4 aromatic rings. The summed E-state index contributed by atoms with van der Waals surface area (Å²) in [6.07, 6.45) is 4.15. The Balaban J connectivity index is 1.53. The van der Waals surface area contributed by atoms with Crippen molar-refractivity contribution in [1.82, 2.24) is 14.5 Å². The van der Waals surface area contributed by atoms with Gasteiger partial charge in [-0.15, -0.1) is 0 Å². The van der Waals surface area contributed by atoms with Gasteiger partial charge in [0.25, 0.3) is 11.5 Å². The van der Waals surface area contributed by atoms with Crippen molar-refractivity contribution in [2.24, 2.45) is 0 Å². The monoisotopic (exact) mass is 547 g/mol. The van der Waals surface area contributed by atoms with Gasteiger partial charge in [-0.25, -0.2) is 4.98 Å². The highest BCUT2D eigenvalue weighted by Gasteiger charge is 2.46. The van der Waals surface area contributed by atoms with Crippen LogP contribution in [0, 0.1) is 0 Å². The molecule has 0 unspecified atom stereocenters. The van der Waals surface area contributed by atoms with Crippen LogP contribution in [0.2, 0.25) is 0 Å². The van der Waals surface area contributed by atoms with E-state index in [0.29, 0.717) is 29.7 Å². The number of H-pyrrole nitrogens is 1. The topological polar surface area (TPSA) is 126 Å². The fourth-order valence-electron chi connectivity index (χ4n) is 3.86. The standard InChI is InChI=1S/C25H24F3N5O4S/c1-2-3-8-21-31-22-20(13-14-29-24(22)35)33(21)15-16-9-11-17(12-10-16)30-23(34)18-6-4-5-7-19(18)32-38(36,37)25(26,27)28/h4-7,9-14,32H,2-3,8,15H2,1H3,(H,29,35)(H,30,34). The van der Waals surface area contributed by atoms with E-state index in [2.05, 4.69) is 22.2 Å². The molecule has 2 heterocycles. The van der Waals surface area contributed by atoms with E-state index in [9.17, 15) is 31.2 Å². The number of pyridine rings is 1. The van der Waals surface area contributed by atoms with Gasteiger partial charge < -0.3 is 14.9 Å². The van der Waals surface area contributed by atoms with Crippen molar-refractivity contribution in [3.8, 4) is 0 Å². The molecule has 2 aromatic heterocycles. The van der Waals surface area contributed by atoms with Crippen molar-refractivity contribution in [3.63, 3.8) is 0 Å². The van der Waals surface area contributed by atoms with Crippen molar-refractivity contribution in [2.75, 3.05) is 10.0 Å². The molecule has 200 valence electrons. The lowest BCUT2D eigenvalue weighted by Gasteiger charge is -2.14. The number of carbonyl (C=O) groups excluding carboxylic acids is 1. The number of halogens is 3. The number of aryl methyl sites for hydroxylation is 1. The number of para-hydroxylation sites is 1. The largest absolute Gasteiger partial charge is 0.516 e. The van der Waals surface area contributed by atoms with E-state index >= 15 is 0 Å². The van der Waals surface area contributed by atoms with E-state index < -0.39 is 27.1 Å². The molecule has 0 spiro atoms. The summed E-state index contributed by atoms with van der Waals surface area (Å²) >= 11 is 0. The number of nitrogens with one attached hydrogen (secondary N) is 3. The number of sulfonamides is 1. The number of hydrogen-bond acceptors (Lipinski definition) is 5. The summed E-state index contributed by atoms with van der Waals surface area (Å²) in [6, 6.07) is 13.5. The minimum atomic E-state index is -5.70. The Kier molecular flexibility index (Phi) is 7.58. The lowest BCUT2D eigenvalue weighted by molar-refractivity contribution is -0.0429. The van der Waals surface area contributed by atoms with Crippen LogP contribution in [-0.4, -0.2) is 34.4 Å². The molecule has 38 heavy (non-hydrogen) atoms. The Morgan fingerprint density at radius 1 is 1.08 bits per heavy atom. The van der Waals surface area contributed by atoms with Crippen molar-refractivity contribution >= 4 is 38.3 Å². The van der Waals surface area contributed by atoms with Gasteiger partial charge in [0.1, 0.15) is 5.82 Å². The zero-order chi connectivity index (χ0) is 27.5. The van der Waals surface area contributed by atoms with Crippen molar-refractivity contribution in [1.29, 1.82) is 0 Å². The molecule has 0 fully saturated rings. The number of aromatic amines is 1. The van der Waals surface area contributed by atoms with E-state index in [4.69, 9.17) is 0 Å². The van der Waals surface area contributed by atoms with Crippen molar-refractivity contribution in [3.05, 3.63) is 88.1 Å². The Morgan fingerprint density at radius 3 is 2.47 bits per heavy atom. The molecular formula is C25H24F3N5O4S. The normalized spacial score (nSPS) is 12.0. The number of unbranched alkanes of at least 4 members (excludes halogenated alkanes) is 1. The summed E-state index contributed by atoms with van der Waals surface area (Å²) in [5.41, 5.74) is -4.30. The molecule has 3 N–H and O–H groups in total. The summed E-state index contributed by atoms with van der Waals surface area (Å²) in [4.78, 5) is 32.1. The fraction of sp³-hybridized carbons (Fsp3) is 0.240. The first-order valence-electron chi connectivity index (χ1n) is 11.7. The first-order chi connectivity index (χ1) is 18.0. The summed E-state index contributed by atoms with van der Waals surface area (Å²) in [6.45, 7) is 2.49. The van der Waals surface area contributed by atoms with Gasteiger partial charge >= 0.3 is 15.5 Å². The van der Waals surface area contributed by atoms with Crippen molar-refractivity contribution < 1.29 is 26.4 Å². The molecule has 2 aromatic carbocycles. The number of alkyl halides is 3. The molecule has 0 bridgehead atoms. The molecule has 0 aliphatic heterocycles. The van der Waals surface area contributed by atoms with Gasteiger partial charge in [-0.2, -0.15) is 21.6 Å². The Hall–Kier alpha value is -4.13. The third-order valence-corrected chi connectivity index (χ3v) is 6.88. The number of hydrogen-bond donors (Lipinski definition) is 3. The number of imidazole rings is 1. The van der Waals surface area contributed by atoms with Gasteiger partial charge in [0.05, 0.1) is 16.8 Å². The second-order valence-electron chi connectivity index (χ2n) is 8.51. The number of benzene rings is 2. The van der Waals surface area contributed by atoms with Crippen molar-refractivity contribution in [2.45, 2.75) is 38.2 Å². The second-order valence-corrected chi connectivity index (χ2v) is 10.2. The average molecular weight is 548 g/mol. The van der Waals surface area contributed by atoms with Crippen LogP contribution in [0.1, 0.15) is 41.5 Å². The van der Waals surface area contributed by atoms with E-state index in [-0.39, 0.29) is 11.1 Å². The summed E-state index contributed by atoms with van der Waals surface area (Å²) in [5.74, 6) is -0.00579. The van der Waals surface area contributed by atoms with E-state index in [1.165, 1.54) is 22.9 Å². The van der Waals surface area contributed by atoms with E-state index in [0.717, 1.165) is 30.3 Å². The molecule has 9 nitrogen and oxygen atoms in total. The minimum Gasteiger partial charge on any atom is -0.327 e. The molecule has 0 saturated heterocycles. The number of amides is 1. The van der Waals surface area contributed by atoms with Crippen LogP contribution in [0.4, 0.5) is 24.5 Å². The fourth-order valence-corrected chi connectivity index (χ4v) is 4.45. The highest BCUT2D eigenvalue weighted by atomic mass is 32.2. The van der Waals surface area contributed by atoms with Crippen LogP contribution in [0.15, 0.2) is 65.6 Å².